The maximum atomic E-state index is 12.4. The van der Waals surface area contributed by atoms with Crippen LogP contribution in [0.5, 0.6) is 5.75 Å². The van der Waals surface area contributed by atoms with Crippen LogP contribution < -0.4 is 4.74 Å². The molecule has 1 saturated heterocycles. The summed E-state index contributed by atoms with van der Waals surface area (Å²) >= 11 is 9.32. The molecule has 1 heterocycles. The largest absolute Gasteiger partial charge is 0.481 e. The minimum Gasteiger partial charge on any atom is -0.481 e. The van der Waals surface area contributed by atoms with Crippen LogP contribution in [0.4, 0.5) is 0 Å². The Morgan fingerprint density at radius 1 is 1.65 bits per heavy atom. The van der Waals surface area contributed by atoms with Gasteiger partial charge in [-0.1, -0.05) is 33.6 Å². The lowest BCUT2D eigenvalue weighted by Crippen LogP contribution is -2.53. The topological polar surface area (TPSA) is 38.8 Å². The van der Waals surface area contributed by atoms with E-state index in [1.54, 1.807) is 31.2 Å². The fourth-order valence-corrected chi connectivity index (χ4v) is 2.82. The Balaban J connectivity index is 2.00. The normalized spacial score (nSPS) is 20.6. The highest BCUT2D eigenvalue weighted by atomic mass is 79.9. The molecule has 4 nitrogen and oxygen atoms in total. The lowest BCUT2D eigenvalue weighted by Gasteiger charge is -2.36. The maximum absolute atomic E-state index is 12.4. The fourth-order valence-electron chi connectivity index (χ4n) is 2.10. The summed E-state index contributed by atoms with van der Waals surface area (Å²) in [5.41, 5.74) is 0. The van der Waals surface area contributed by atoms with Gasteiger partial charge in [0.1, 0.15) is 5.75 Å². The van der Waals surface area contributed by atoms with Gasteiger partial charge in [0.2, 0.25) is 0 Å². The first-order valence-electron chi connectivity index (χ1n) is 6.48. The third-order valence-electron chi connectivity index (χ3n) is 3.15. The first-order valence-corrected chi connectivity index (χ1v) is 7.98. The predicted molar refractivity (Wildman–Crippen MR) is 81.7 cm³/mol. The van der Waals surface area contributed by atoms with Gasteiger partial charge < -0.3 is 14.4 Å². The zero-order chi connectivity index (χ0) is 14.5. The number of rotatable bonds is 4. The number of ether oxygens (including phenoxy) is 2. The summed E-state index contributed by atoms with van der Waals surface area (Å²) in [7, 11) is 0. The molecule has 1 aromatic rings. The van der Waals surface area contributed by atoms with Crippen molar-refractivity contribution in [1.29, 1.82) is 0 Å². The Morgan fingerprint density at radius 2 is 2.45 bits per heavy atom. The third-order valence-corrected chi connectivity index (χ3v) is 4.13. The van der Waals surface area contributed by atoms with Crippen LogP contribution in [0.3, 0.4) is 0 Å². The van der Waals surface area contributed by atoms with Crippen molar-refractivity contribution in [2.24, 2.45) is 0 Å². The van der Waals surface area contributed by atoms with E-state index in [1.807, 2.05) is 4.90 Å². The monoisotopic (exact) mass is 361 g/mol. The van der Waals surface area contributed by atoms with Crippen LogP contribution in [0.1, 0.15) is 6.92 Å². The van der Waals surface area contributed by atoms with E-state index >= 15 is 0 Å². The molecule has 110 valence electrons. The smallest absolute Gasteiger partial charge is 0.263 e. The average molecular weight is 363 g/mol. The van der Waals surface area contributed by atoms with Crippen LogP contribution >= 0.6 is 27.5 Å². The van der Waals surface area contributed by atoms with Crippen molar-refractivity contribution in [2.75, 3.05) is 25.1 Å². The number of carbonyl (C=O) groups is 1. The van der Waals surface area contributed by atoms with Crippen LogP contribution in [0, 0.1) is 0 Å². The first-order chi connectivity index (χ1) is 9.61. The van der Waals surface area contributed by atoms with Crippen molar-refractivity contribution in [2.45, 2.75) is 19.1 Å². The zero-order valence-electron chi connectivity index (χ0n) is 11.2. The van der Waals surface area contributed by atoms with Crippen molar-refractivity contribution >= 4 is 33.4 Å². The molecule has 2 unspecified atom stereocenters. The van der Waals surface area contributed by atoms with Gasteiger partial charge in [0.25, 0.3) is 5.91 Å². The van der Waals surface area contributed by atoms with Crippen LogP contribution in [0.25, 0.3) is 0 Å². The highest BCUT2D eigenvalue weighted by molar-refractivity contribution is 9.09. The van der Waals surface area contributed by atoms with E-state index < -0.39 is 6.10 Å². The Kier molecular flexibility index (Phi) is 5.69. The highest BCUT2D eigenvalue weighted by Crippen LogP contribution is 2.20. The summed E-state index contributed by atoms with van der Waals surface area (Å²) in [5, 5.41) is 1.29. The molecular weight excluding hydrogens is 346 g/mol. The van der Waals surface area contributed by atoms with Gasteiger partial charge in [-0.05, 0) is 25.1 Å². The van der Waals surface area contributed by atoms with Gasteiger partial charge in [-0.2, -0.15) is 0 Å². The molecule has 1 aliphatic heterocycles. The van der Waals surface area contributed by atoms with Crippen molar-refractivity contribution < 1.29 is 14.3 Å². The molecule has 0 radical (unpaired) electrons. The van der Waals surface area contributed by atoms with Gasteiger partial charge in [-0.25, -0.2) is 0 Å². The number of nitrogens with zero attached hydrogens (tertiary/aromatic N) is 1. The molecule has 1 amide bonds. The minimum atomic E-state index is -0.548. The lowest BCUT2D eigenvalue weighted by molar-refractivity contribution is -0.145. The van der Waals surface area contributed by atoms with Gasteiger partial charge in [-0.15, -0.1) is 0 Å². The summed E-state index contributed by atoms with van der Waals surface area (Å²) in [4.78, 5) is 14.3. The number of halogens is 2. The Bertz CT molecular complexity index is 471. The SMILES string of the molecule is CC(Oc1cccc(Cl)c1)C(=O)N1CCOCC1CBr. The predicted octanol–water partition coefficient (Wildman–Crippen LogP) is 2.73. The molecule has 0 N–H and O–H groups in total. The molecular formula is C14H17BrClNO3. The van der Waals surface area contributed by atoms with E-state index in [-0.39, 0.29) is 11.9 Å². The van der Waals surface area contributed by atoms with Gasteiger partial charge in [0.15, 0.2) is 6.10 Å². The first kappa shape index (κ1) is 15.6. The van der Waals surface area contributed by atoms with Gasteiger partial charge in [0.05, 0.1) is 19.3 Å². The van der Waals surface area contributed by atoms with E-state index in [9.17, 15) is 4.79 Å². The van der Waals surface area contributed by atoms with Gasteiger partial charge >= 0.3 is 0 Å². The summed E-state index contributed by atoms with van der Waals surface area (Å²) in [6.45, 7) is 3.47. The quantitative estimate of drug-likeness (QED) is 0.773. The van der Waals surface area contributed by atoms with E-state index in [1.165, 1.54) is 0 Å². The molecule has 1 aliphatic rings. The number of benzene rings is 1. The van der Waals surface area contributed by atoms with Crippen LogP contribution in [0.15, 0.2) is 24.3 Å². The molecule has 0 spiro atoms. The molecule has 0 bridgehead atoms. The number of morpholine rings is 1. The summed E-state index contributed by atoms with van der Waals surface area (Å²) in [6.07, 6.45) is -0.548. The molecule has 2 rings (SSSR count). The molecule has 0 saturated carbocycles. The molecule has 1 aromatic carbocycles. The second-order valence-electron chi connectivity index (χ2n) is 4.63. The Labute approximate surface area is 132 Å². The molecule has 0 aromatic heterocycles. The fraction of sp³-hybridized carbons (Fsp3) is 0.500. The second kappa shape index (κ2) is 7.29. The zero-order valence-corrected chi connectivity index (χ0v) is 13.6. The maximum Gasteiger partial charge on any atom is 0.263 e. The van der Waals surface area contributed by atoms with E-state index in [2.05, 4.69) is 15.9 Å². The van der Waals surface area contributed by atoms with E-state index in [0.717, 1.165) is 0 Å². The standard InChI is InChI=1S/C14H17BrClNO3/c1-10(20-13-4-2-3-11(16)7-13)14(18)17-5-6-19-9-12(17)8-15/h2-4,7,10,12H,5-6,8-9H2,1H3. The molecule has 2 atom stereocenters. The number of hydrogen-bond donors (Lipinski definition) is 0. The van der Waals surface area contributed by atoms with Gasteiger partial charge in [0, 0.05) is 16.9 Å². The van der Waals surface area contributed by atoms with E-state index in [4.69, 9.17) is 21.1 Å². The van der Waals surface area contributed by atoms with Crippen molar-refractivity contribution in [3.8, 4) is 5.75 Å². The summed E-state index contributed by atoms with van der Waals surface area (Å²) in [5.74, 6) is 0.569. The lowest BCUT2D eigenvalue weighted by atomic mass is 10.2. The number of hydrogen-bond acceptors (Lipinski definition) is 3. The molecule has 20 heavy (non-hydrogen) atoms. The Hall–Kier alpha value is -0.780. The summed E-state index contributed by atoms with van der Waals surface area (Å²) < 4.78 is 11.1. The van der Waals surface area contributed by atoms with Crippen molar-refractivity contribution in [3.63, 3.8) is 0 Å². The minimum absolute atomic E-state index is 0.0299. The second-order valence-corrected chi connectivity index (χ2v) is 5.72. The van der Waals surface area contributed by atoms with Crippen LogP contribution in [0.2, 0.25) is 5.02 Å². The summed E-state index contributed by atoms with van der Waals surface area (Å²) in [6, 6.07) is 7.11. The van der Waals surface area contributed by atoms with Gasteiger partial charge in [-0.3, -0.25) is 4.79 Å². The molecule has 1 fully saturated rings. The molecule has 6 heteroatoms. The highest BCUT2D eigenvalue weighted by Gasteiger charge is 2.30. The Morgan fingerprint density at radius 3 is 3.15 bits per heavy atom. The van der Waals surface area contributed by atoms with Crippen LogP contribution in [-0.4, -0.2) is 48.0 Å². The van der Waals surface area contributed by atoms with Crippen molar-refractivity contribution in [1.82, 2.24) is 4.90 Å². The number of amides is 1. The van der Waals surface area contributed by atoms with Crippen LogP contribution in [-0.2, 0) is 9.53 Å². The molecule has 0 aliphatic carbocycles. The van der Waals surface area contributed by atoms with Crippen molar-refractivity contribution in [3.05, 3.63) is 29.3 Å². The van der Waals surface area contributed by atoms with E-state index in [0.29, 0.717) is 35.9 Å². The number of carbonyl (C=O) groups excluding carboxylic acids is 1. The number of alkyl halides is 1. The average Bonchev–Trinajstić information content (AvgIpc) is 2.46. The third kappa shape index (κ3) is 3.87.